The maximum Gasteiger partial charge on any atom is 0.154 e. The molecule has 2 aliphatic heterocycles. The molecule has 4 rings (SSSR count). The second-order valence-corrected chi connectivity index (χ2v) is 8.53. The van der Waals surface area contributed by atoms with Crippen LogP contribution in [0.3, 0.4) is 0 Å². The van der Waals surface area contributed by atoms with Crippen LogP contribution in [-0.2, 0) is 20.7 Å². The van der Waals surface area contributed by atoms with Gasteiger partial charge in [-0.1, -0.05) is 28.9 Å². The third-order valence-electron chi connectivity index (χ3n) is 6.22. The van der Waals surface area contributed by atoms with E-state index in [0.29, 0.717) is 0 Å². The minimum Gasteiger partial charge on any atom is -0.368 e. The Balaban J connectivity index is 1.83. The van der Waals surface area contributed by atoms with Gasteiger partial charge in [0.2, 0.25) is 0 Å². The van der Waals surface area contributed by atoms with Crippen molar-refractivity contribution in [2.75, 3.05) is 0 Å². The van der Waals surface area contributed by atoms with E-state index in [1.165, 1.54) is 0 Å². The molecule has 0 N–H and O–H groups in total. The molecular weight excluding hydrogens is 356 g/mol. The van der Waals surface area contributed by atoms with E-state index >= 15 is 0 Å². The highest BCUT2D eigenvalue weighted by atomic mass is 79.9. The lowest BCUT2D eigenvalue weighted by molar-refractivity contribution is -0.132. The van der Waals surface area contributed by atoms with Gasteiger partial charge in [0, 0.05) is 4.47 Å². The molecule has 0 aromatic heterocycles. The predicted octanol–water partition coefficient (Wildman–Crippen LogP) is 3.82. The summed E-state index contributed by atoms with van der Waals surface area (Å²) in [5.41, 5.74) is 1.06. The molecule has 3 aliphatic rings. The number of Topliss-reactive ketones (excluding diaryl/α,β-unsaturated/α-hetero) is 2. The Morgan fingerprint density at radius 2 is 1.70 bits per heavy atom. The van der Waals surface area contributed by atoms with Crippen molar-refractivity contribution in [1.29, 1.82) is 0 Å². The van der Waals surface area contributed by atoms with Crippen LogP contribution in [0.15, 0.2) is 22.7 Å². The summed E-state index contributed by atoms with van der Waals surface area (Å²) in [6.07, 6.45) is 2.56. The number of fused-ring (bicyclic) bond motifs is 5. The molecule has 0 spiro atoms. The maximum atomic E-state index is 13.2. The minimum absolute atomic E-state index is 0.0683. The first-order chi connectivity index (χ1) is 10.8. The second kappa shape index (κ2) is 4.76. The number of hydrogen-bond donors (Lipinski definition) is 0. The topological polar surface area (TPSA) is 43.4 Å². The summed E-state index contributed by atoms with van der Waals surface area (Å²) in [5.74, 6) is -1.03. The van der Waals surface area contributed by atoms with Gasteiger partial charge in [0.25, 0.3) is 0 Å². The average Bonchev–Trinajstić information content (AvgIpc) is 3.04. The van der Waals surface area contributed by atoms with Gasteiger partial charge in [-0.15, -0.1) is 0 Å². The fourth-order valence-electron chi connectivity index (χ4n) is 5.17. The standard InChI is InChI=1S/C19H21BrO3/c1-4-10-5-6-11(20)9-12(10)13-16(21)14-15(17(13)22)19(3)8-7-18(14,2)23-19/h5-6,9,13-15H,4,7-8H2,1-3H3/t13?,14-,15+,18-,19+. The van der Waals surface area contributed by atoms with Gasteiger partial charge < -0.3 is 4.74 Å². The highest BCUT2D eigenvalue weighted by molar-refractivity contribution is 9.10. The van der Waals surface area contributed by atoms with Crippen molar-refractivity contribution in [1.82, 2.24) is 0 Å². The maximum absolute atomic E-state index is 13.2. The first-order valence-electron chi connectivity index (χ1n) is 8.37. The predicted molar refractivity (Wildman–Crippen MR) is 90.4 cm³/mol. The van der Waals surface area contributed by atoms with Crippen molar-refractivity contribution < 1.29 is 14.3 Å². The van der Waals surface area contributed by atoms with E-state index in [2.05, 4.69) is 22.9 Å². The van der Waals surface area contributed by atoms with Crippen LogP contribution in [0.5, 0.6) is 0 Å². The van der Waals surface area contributed by atoms with Gasteiger partial charge in [0.1, 0.15) is 5.92 Å². The number of rotatable bonds is 2. The van der Waals surface area contributed by atoms with Crippen LogP contribution in [0.4, 0.5) is 0 Å². The van der Waals surface area contributed by atoms with Gasteiger partial charge in [0.05, 0.1) is 23.0 Å². The van der Waals surface area contributed by atoms with Crippen LogP contribution in [0.1, 0.15) is 50.7 Å². The number of halogens is 1. The summed E-state index contributed by atoms with van der Waals surface area (Å²) < 4.78 is 7.08. The van der Waals surface area contributed by atoms with Crippen LogP contribution < -0.4 is 0 Å². The first-order valence-corrected chi connectivity index (χ1v) is 9.16. The highest BCUT2D eigenvalue weighted by Crippen LogP contribution is 2.62. The molecule has 0 amide bonds. The lowest BCUT2D eigenvalue weighted by Crippen LogP contribution is -2.40. The van der Waals surface area contributed by atoms with Crippen LogP contribution >= 0.6 is 15.9 Å². The Morgan fingerprint density at radius 3 is 2.22 bits per heavy atom. The number of carbonyl (C=O) groups is 2. The summed E-state index contributed by atoms with van der Waals surface area (Å²) in [5, 5.41) is 0. The smallest absolute Gasteiger partial charge is 0.154 e. The zero-order valence-electron chi connectivity index (χ0n) is 13.7. The number of hydrogen-bond acceptors (Lipinski definition) is 3. The van der Waals surface area contributed by atoms with Gasteiger partial charge in [-0.3, -0.25) is 9.59 Å². The molecule has 2 bridgehead atoms. The minimum atomic E-state index is -0.613. The summed E-state index contributed by atoms with van der Waals surface area (Å²) >= 11 is 3.48. The lowest BCUT2D eigenvalue weighted by Gasteiger charge is -2.28. The van der Waals surface area contributed by atoms with Gasteiger partial charge in [0.15, 0.2) is 11.6 Å². The summed E-state index contributed by atoms with van der Waals surface area (Å²) in [4.78, 5) is 26.4. The molecule has 3 nitrogen and oxygen atoms in total. The molecule has 0 radical (unpaired) electrons. The van der Waals surface area contributed by atoms with Gasteiger partial charge in [-0.25, -0.2) is 0 Å². The average molecular weight is 377 g/mol. The largest absolute Gasteiger partial charge is 0.368 e. The fraction of sp³-hybridized carbons (Fsp3) is 0.579. The molecule has 2 saturated heterocycles. The van der Waals surface area contributed by atoms with Crippen LogP contribution in [0.25, 0.3) is 0 Å². The molecule has 2 heterocycles. The van der Waals surface area contributed by atoms with Gasteiger partial charge >= 0.3 is 0 Å². The molecular formula is C19H21BrO3. The van der Waals surface area contributed by atoms with Crippen LogP contribution in [-0.4, -0.2) is 22.8 Å². The van der Waals surface area contributed by atoms with Crippen LogP contribution in [0, 0.1) is 11.8 Å². The van der Waals surface area contributed by atoms with E-state index in [1.54, 1.807) is 0 Å². The molecule has 1 saturated carbocycles. The quantitative estimate of drug-likeness (QED) is 0.736. The van der Waals surface area contributed by atoms with E-state index in [4.69, 9.17) is 4.74 Å². The molecule has 4 heteroatoms. The molecule has 122 valence electrons. The van der Waals surface area contributed by atoms with E-state index in [9.17, 15) is 9.59 Å². The molecule has 1 aromatic rings. The number of aryl methyl sites for hydroxylation is 1. The molecule has 3 fully saturated rings. The van der Waals surface area contributed by atoms with Crippen LogP contribution in [0.2, 0.25) is 0 Å². The monoisotopic (exact) mass is 376 g/mol. The summed E-state index contributed by atoms with van der Waals surface area (Å²) in [7, 11) is 0. The Labute approximate surface area is 144 Å². The van der Waals surface area contributed by atoms with Crippen molar-refractivity contribution in [2.24, 2.45) is 11.8 Å². The summed E-state index contributed by atoms with van der Waals surface area (Å²) in [6, 6.07) is 5.94. The Bertz CT molecular complexity index is 693. The van der Waals surface area contributed by atoms with E-state index in [0.717, 1.165) is 34.9 Å². The Kier molecular flexibility index (Phi) is 3.21. The van der Waals surface area contributed by atoms with E-state index < -0.39 is 17.1 Å². The number of ketones is 2. The van der Waals surface area contributed by atoms with Crippen molar-refractivity contribution in [2.45, 2.75) is 57.2 Å². The van der Waals surface area contributed by atoms with Crippen molar-refractivity contribution in [3.8, 4) is 0 Å². The molecule has 5 atom stereocenters. The molecule has 1 aliphatic carbocycles. The number of carbonyl (C=O) groups excluding carboxylic acids is 2. The zero-order chi connectivity index (χ0) is 16.6. The van der Waals surface area contributed by atoms with E-state index in [1.807, 2.05) is 32.0 Å². The molecule has 1 aromatic carbocycles. The van der Waals surface area contributed by atoms with Gasteiger partial charge in [-0.2, -0.15) is 0 Å². The third kappa shape index (κ3) is 1.91. The van der Waals surface area contributed by atoms with Crippen molar-refractivity contribution in [3.63, 3.8) is 0 Å². The number of ether oxygens (including phenoxy) is 1. The SMILES string of the molecule is CCc1ccc(Br)cc1C1C(=O)[C@@H]2[C@H](C1=O)[C@@]1(C)CC[C@]2(C)O1. The van der Waals surface area contributed by atoms with Crippen molar-refractivity contribution >= 4 is 27.5 Å². The second-order valence-electron chi connectivity index (χ2n) is 7.62. The van der Waals surface area contributed by atoms with Crippen molar-refractivity contribution in [3.05, 3.63) is 33.8 Å². The Morgan fingerprint density at radius 1 is 1.13 bits per heavy atom. The zero-order valence-corrected chi connectivity index (χ0v) is 15.3. The van der Waals surface area contributed by atoms with Gasteiger partial charge in [-0.05, 0) is 56.4 Å². The molecule has 1 unspecified atom stereocenters. The van der Waals surface area contributed by atoms with E-state index in [-0.39, 0.29) is 23.4 Å². The number of benzene rings is 1. The fourth-order valence-corrected chi connectivity index (χ4v) is 5.55. The lowest BCUT2D eigenvalue weighted by atomic mass is 9.69. The molecule has 23 heavy (non-hydrogen) atoms. The highest BCUT2D eigenvalue weighted by Gasteiger charge is 2.72. The normalized spacial score (nSPS) is 41.7. The third-order valence-corrected chi connectivity index (χ3v) is 6.71. The Hall–Kier alpha value is -1.00. The first kappa shape index (κ1) is 15.5. The summed E-state index contributed by atoms with van der Waals surface area (Å²) in [6.45, 7) is 6.09.